The van der Waals surface area contributed by atoms with E-state index in [1.165, 1.54) is 0 Å². The predicted molar refractivity (Wildman–Crippen MR) is 76.6 cm³/mol. The number of hydrogen-bond donors (Lipinski definition) is 2. The lowest BCUT2D eigenvalue weighted by Gasteiger charge is -2.26. The highest BCUT2D eigenvalue weighted by molar-refractivity contribution is 6.31. The maximum absolute atomic E-state index is 6.14. The summed E-state index contributed by atoms with van der Waals surface area (Å²) < 4.78 is 5.42. The van der Waals surface area contributed by atoms with Gasteiger partial charge in [-0.2, -0.15) is 0 Å². The molecule has 102 valence electrons. The van der Waals surface area contributed by atoms with Gasteiger partial charge in [0, 0.05) is 18.2 Å². The van der Waals surface area contributed by atoms with E-state index in [0.29, 0.717) is 0 Å². The summed E-state index contributed by atoms with van der Waals surface area (Å²) in [5.41, 5.74) is 4.90. The summed E-state index contributed by atoms with van der Waals surface area (Å²) in [6.45, 7) is 6.14. The van der Waals surface area contributed by atoms with Crippen LogP contribution in [0, 0.1) is 6.92 Å². The van der Waals surface area contributed by atoms with Crippen LogP contribution in [0.3, 0.4) is 0 Å². The van der Waals surface area contributed by atoms with E-state index in [-0.39, 0.29) is 11.6 Å². The molecule has 1 unspecified atom stereocenters. The van der Waals surface area contributed by atoms with Gasteiger partial charge in [-0.05, 0) is 50.8 Å². The van der Waals surface area contributed by atoms with Crippen molar-refractivity contribution < 1.29 is 4.74 Å². The highest BCUT2D eigenvalue weighted by atomic mass is 35.5. The minimum absolute atomic E-state index is 0.0949. The molecule has 1 aromatic rings. The topological polar surface area (TPSA) is 47.3 Å². The summed E-state index contributed by atoms with van der Waals surface area (Å²) in [7, 11) is 1.73. The van der Waals surface area contributed by atoms with Gasteiger partial charge in [0.15, 0.2) is 0 Å². The van der Waals surface area contributed by atoms with Gasteiger partial charge in [0.05, 0.1) is 5.60 Å². The Bertz CT molecular complexity index is 393. The molecule has 0 saturated heterocycles. The number of nitrogens with one attached hydrogen (secondary N) is 1. The van der Waals surface area contributed by atoms with Gasteiger partial charge in [0.2, 0.25) is 0 Å². The molecule has 1 atom stereocenters. The largest absolute Gasteiger partial charge is 0.379 e. The Morgan fingerprint density at radius 3 is 2.61 bits per heavy atom. The molecule has 18 heavy (non-hydrogen) atoms. The van der Waals surface area contributed by atoms with Gasteiger partial charge in [-0.1, -0.05) is 23.7 Å². The van der Waals surface area contributed by atoms with Gasteiger partial charge >= 0.3 is 0 Å². The summed E-state index contributed by atoms with van der Waals surface area (Å²) >= 11 is 6.14. The van der Waals surface area contributed by atoms with E-state index in [2.05, 4.69) is 25.3 Å². The molecule has 1 rings (SSSR count). The molecule has 0 heterocycles. The first-order chi connectivity index (χ1) is 8.39. The number of nitrogens with two attached hydrogens (primary N) is 1. The normalized spacial score (nSPS) is 13.7. The van der Waals surface area contributed by atoms with Crippen molar-refractivity contribution in [2.75, 3.05) is 7.11 Å². The molecule has 1 aromatic carbocycles. The maximum atomic E-state index is 6.14. The van der Waals surface area contributed by atoms with Crippen molar-refractivity contribution in [2.45, 2.75) is 45.3 Å². The van der Waals surface area contributed by atoms with E-state index in [1.807, 2.05) is 19.1 Å². The molecule has 3 nitrogen and oxygen atoms in total. The third-order valence-electron chi connectivity index (χ3n) is 3.39. The number of ether oxygens (including phenoxy) is 1. The van der Waals surface area contributed by atoms with E-state index < -0.39 is 0 Å². The second-order valence-corrected chi connectivity index (χ2v) is 5.64. The van der Waals surface area contributed by atoms with Crippen molar-refractivity contribution in [3.63, 3.8) is 0 Å². The first-order valence-corrected chi connectivity index (χ1v) is 6.55. The van der Waals surface area contributed by atoms with Crippen LogP contribution in [0.1, 0.15) is 43.9 Å². The fraction of sp³-hybridized carbons (Fsp3) is 0.571. The molecule has 0 saturated carbocycles. The third kappa shape index (κ3) is 4.25. The number of benzene rings is 1. The summed E-state index contributed by atoms with van der Waals surface area (Å²) in [5, 5.41) is 0.777. The van der Waals surface area contributed by atoms with Crippen LogP contribution in [0.5, 0.6) is 0 Å². The molecule has 0 aromatic heterocycles. The van der Waals surface area contributed by atoms with Crippen LogP contribution in [0.25, 0.3) is 0 Å². The van der Waals surface area contributed by atoms with Gasteiger partial charge in [-0.3, -0.25) is 11.3 Å². The number of rotatable bonds is 6. The highest BCUT2D eigenvalue weighted by Crippen LogP contribution is 2.26. The molecule has 0 bridgehead atoms. The smallest absolute Gasteiger partial charge is 0.0623 e. The maximum Gasteiger partial charge on any atom is 0.0623 e. The zero-order valence-electron chi connectivity index (χ0n) is 11.6. The van der Waals surface area contributed by atoms with Crippen molar-refractivity contribution in [1.82, 2.24) is 5.43 Å². The number of hydrogen-bond acceptors (Lipinski definition) is 3. The Morgan fingerprint density at radius 2 is 2.11 bits per heavy atom. The Balaban J connectivity index is 2.74. The van der Waals surface area contributed by atoms with Crippen LogP contribution >= 0.6 is 11.6 Å². The quantitative estimate of drug-likeness (QED) is 0.616. The van der Waals surface area contributed by atoms with E-state index in [9.17, 15) is 0 Å². The summed E-state index contributed by atoms with van der Waals surface area (Å²) in [6, 6.07) is 6.15. The molecule has 0 aliphatic heterocycles. The average Bonchev–Trinajstić information content (AvgIpc) is 2.34. The molecule has 0 spiro atoms. The van der Waals surface area contributed by atoms with E-state index in [1.54, 1.807) is 7.11 Å². The van der Waals surface area contributed by atoms with Crippen LogP contribution in [0.4, 0.5) is 0 Å². The summed E-state index contributed by atoms with van der Waals surface area (Å²) in [6.07, 6.45) is 1.82. The highest BCUT2D eigenvalue weighted by Gasteiger charge is 2.19. The second-order valence-electron chi connectivity index (χ2n) is 5.23. The predicted octanol–water partition coefficient (Wildman–Crippen LogP) is 3.36. The van der Waals surface area contributed by atoms with Crippen LogP contribution in [0.15, 0.2) is 18.2 Å². The molecule has 3 N–H and O–H groups in total. The van der Waals surface area contributed by atoms with Crippen molar-refractivity contribution in [2.24, 2.45) is 5.84 Å². The van der Waals surface area contributed by atoms with Gasteiger partial charge in [-0.25, -0.2) is 0 Å². The summed E-state index contributed by atoms with van der Waals surface area (Å²) in [4.78, 5) is 0. The van der Waals surface area contributed by atoms with Crippen LogP contribution in [-0.2, 0) is 4.74 Å². The first kappa shape index (κ1) is 15.4. The zero-order valence-corrected chi connectivity index (χ0v) is 12.3. The van der Waals surface area contributed by atoms with Crippen molar-refractivity contribution in [1.29, 1.82) is 0 Å². The van der Waals surface area contributed by atoms with Crippen LogP contribution in [0.2, 0.25) is 5.02 Å². The SMILES string of the molecule is COC(C)(C)CCC(NN)c1ccc(C)c(Cl)c1. The molecular weight excluding hydrogens is 248 g/mol. The van der Waals surface area contributed by atoms with E-state index in [4.69, 9.17) is 22.2 Å². The van der Waals surface area contributed by atoms with Crippen molar-refractivity contribution in [3.8, 4) is 0 Å². The van der Waals surface area contributed by atoms with Gasteiger partial charge in [0.1, 0.15) is 0 Å². The molecule has 4 heteroatoms. The number of hydrazine groups is 1. The average molecular weight is 271 g/mol. The van der Waals surface area contributed by atoms with Gasteiger partial charge in [0.25, 0.3) is 0 Å². The first-order valence-electron chi connectivity index (χ1n) is 6.17. The Hall–Kier alpha value is -0.610. The lowest BCUT2D eigenvalue weighted by atomic mass is 9.95. The molecule has 0 fully saturated rings. The van der Waals surface area contributed by atoms with Gasteiger partial charge in [-0.15, -0.1) is 0 Å². The second kappa shape index (κ2) is 6.53. The fourth-order valence-corrected chi connectivity index (χ4v) is 1.96. The van der Waals surface area contributed by atoms with Crippen LogP contribution in [-0.4, -0.2) is 12.7 Å². The lowest BCUT2D eigenvalue weighted by Crippen LogP contribution is -2.31. The molecule has 0 radical (unpaired) electrons. The minimum atomic E-state index is -0.135. The molecule has 0 amide bonds. The van der Waals surface area contributed by atoms with E-state index in [0.717, 1.165) is 29.0 Å². The van der Waals surface area contributed by atoms with E-state index >= 15 is 0 Å². The van der Waals surface area contributed by atoms with Crippen molar-refractivity contribution >= 4 is 11.6 Å². The minimum Gasteiger partial charge on any atom is -0.379 e. The zero-order chi connectivity index (χ0) is 13.8. The number of halogens is 1. The van der Waals surface area contributed by atoms with Gasteiger partial charge < -0.3 is 4.74 Å². The summed E-state index contributed by atoms with van der Waals surface area (Å²) in [5.74, 6) is 5.63. The Labute approximate surface area is 115 Å². The number of methoxy groups -OCH3 is 1. The lowest BCUT2D eigenvalue weighted by molar-refractivity contribution is 0.0117. The number of aryl methyl sites for hydroxylation is 1. The Kier molecular flexibility index (Phi) is 5.60. The van der Waals surface area contributed by atoms with Crippen LogP contribution < -0.4 is 11.3 Å². The molecular formula is C14H23ClN2O. The Morgan fingerprint density at radius 1 is 1.44 bits per heavy atom. The molecule has 0 aliphatic carbocycles. The fourth-order valence-electron chi connectivity index (χ4n) is 1.77. The van der Waals surface area contributed by atoms with Crippen molar-refractivity contribution in [3.05, 3.63) is 34.3 Å². The molecule has 0 aliphatic rings. The monoisotopic (exact) mass is 270 g/mol. The standard InChI is InChI=1S/C14H23ClN2O/c1-10-5-6-11(9-12(10)15)13(17-16)7-8-14(2,3)18-4/h5-6,9,13,17H,7-8,16H2,1-4H3. The third-order valence-corrected chi connectivity index (χ3v) is 3.79.